The van der Waals surface area contributed by atoms with E-state index in [1.54, 1.807) is 11.8 Å². The lowest BCUT2D eigenvalue weighted by Gasteiger charge is -2.05. The lowest BCUT2D eigenvalue weighted by molar-refractivity contribution is 1.04. The van der Waals surface area contributed by atoms with Crippen molar-refractivity contribution in [3.8, 4) is 0 Å². The van der Waals surface area contributed by atoms with E-state index in [4.69, 9.17) is 5.73 Å². The molecule has 19 heavy (non-hydrogen) atoms. The molecule has 0 spiro atoms. The normalized spacial score (nSPS) is 11.6. The number of nitrogens with zero attached hydrogens (tertiary/aromatic N) is 1. The van der Waals surface area contributed by atoms with E-state index in [9.17, 15) is 0 Å². The lowest BCUT2D eigenvalue weighted by atomic mass is 10.1. The summed E-state index contributed by atoms with van der Waals surface area (Å²) in [6, 6.07) is 16.3. The molecule has 0 unspecified atom stereocenters. The van der Waals surface area contributed by atoms with Crippen LogP contribution in [0.1, 0.15) is 16.7 Å². The van der Waals surface area contributed by atoms with Gasteiger partial charge in [0.1, 0.15) is 5.84 Å². The van der Waals surface area contributed by atoms with Crippen molar-refractivity contribution in [3.05, 3.63) is 65.2 Å². The number of rotatable bonds is 4. The summed E-state index contributed by atoms with van der Waals surface area (Å²) in [5.74, 6) is 0.590. The van der Waals surface area contributed by atoms with E-state index in [0.29, 0.717) is 12.4 Å². The second-order valence-corrected chi connectivity index (χ2v) is 5.22. The van der Waals surface area contributed by atoms with Crippen LogP contribution in [0.25, 0.3) is 0 Å². The zero-order chi connectivity index (χ0) is 13.7. The van der Waals surface area contributed by atoms with Crippen LogP contribution in [-0.2, 0) is 6.54 Å². The Morgan fingerprint density at radius 3 is 2.58 bits per heavy atom. The van der Waals surface area contributed by atoms with Crippen LogP contribution < -0.4 is 5.73 Å². The molecule has 0 fully saturated rings. The van der Waals surface area contributed by atoms with Crippen molar-refractivity contribution in [1.82, 2.24) is 0 Å². The van der Waals surface area contributed by atoms with Crippen LogP contribution in [0.3, 0.4) is 0 Å². The molecular formula is C16H18N2S. The minimum Gasteiger partial charge on any atom is -0.383 e. The average Bonchev–Trinajstić information content (AvgIpc) is 2.47. The molecule has 2 aromatic carbocycles. The zero-order valence-corrected chi connectivity index (χ0v) is 12.1. The molecule has 0 amide bonds. The van der Waals surface area contributed by atoms with Crippen molar-refractivity contribution in [2.45, 2.75) is 18.4 Å². The Hall–Kier alpha value is -1.74. The van der Waals surface area contributed by atoms with Crippen LogP contribution in [0.15, 0.2) is 58.4 Å². The Labute approximate surface area is 118 Å². The Balaban J connectivity index is 2.14. The summed E-state index contributed by atoms with van der Waals surface area (Å²) in [7, 11) is 0. The first kappa shape index (κ1) is 13.7. The highest BCUT2D eigenvalue weighted by Gasteiger charge is 2.00. The molecule has 0 aliphatic rings. The quantitative estimate of drug-likeness (QED) is 0.523. The highest BCUT2D eigenvalue weighted by atomic mass is 32.2. The first-order chi connectivity index (χ1) is 9.20. The molecule has 0 aromatic heterocycles. The molecule has 2 aromatic rings. The number of hydrogen-bond acceptors (Lipinski definition) is 2. The maximum Gasteiger partial charge on any atom is 0.125 e. The molecule has 0 aliphatic heterocycles. The Morgan fingerprint density at radius 1 is 1.16 bits per heavy atom. The minimum atomic E-state index is 0.590. The second-order valence-electron chi connectivity index (χ2n) is 4.37. The van der Waals surface area contributed by atoms with Crippen molar-refractivity contribution < 1.29 is 0 Å². The highest BCUT2D eigenvalue weighted by Crippen LogP contribution is 2.21. The number of hydrogen-bond donors (Lipinski definition) is 1. The molecule has 0 radical (unpaired) electrons. The number of aryl methyl sites for hydroxylation is 1. The van der Waals surface area contributed by atoms with Crippen molar-refractivity contribution in [2.24, 2.45) is 10.7 Å². The van der Waals surface area contributed by atoms with Gasteiger partial charge in [-0.15, -0.1) is 11.8 Å². The topological polar surface area (TPSA) is 38.4 Å². The van der Waals surface area contributed by atoms with E-state index in [1.165, 1.54) is 16.0 Å². The van der Waals surface area contributed by atoms with Crippen LogP contribution in [0.5, 0.6) is 0 Å². The molecule has 0 heterocycles. The number of amidine groups is 1. The largest absolute Gasteiger partial charge is 0.383 e. The molecular weight excluding hydrogens is 252 g/mol. The van der Waals surface area contributed by atoms with Gasteiger partial charge >= 0.3 is 0 Å². The van der Waals surface area contributed by atoms with E-state index in [-0.39, 0.29) is 0 Å². The number of thioether (sulfide) groups is 1. The van der Waals surface area contributed by atoms with Crippen molar-refractivity contribution in [1.29, 1.82) is 0 Å². The van der Waals surface area contributed by atoms with Gasteiger partial charge in [0, 0.05) is 10.5 Å². The molecule has 0 bridgehead atoms. The maximum atomic E-state index is 5.99. The predicted molar refractivity (Wildman–Crippen MR) is 83.8 cm³/mol. The second kappa shape index (κ2) is 6.43. The molecule has 2 nitrogen and oxygen atoms in total. The third-order valence-electron chi connectivity index (χ3n) is 2.97. The van der Waals surface area contributed by atoms with Gasteiger partial charge in [-0.1, -0.05) is 42.5 Å². The van der Waals surface area contributed by atoms with Crippen LogP contribution in [0.2, 0.25) is 0 Å². The van der Waals surface area contributed by atoms with Crippen molar-refractivity contribution >= 4 is 17.6 Å². The maximum absolute atomic E-state index is 5.99. The fraction of sp³-hybridized carbons (Fsp3) is 0.188. The summed E-state index contributed by atoms with van der Waals surface area (Å²) in [4.78, 5) is 5.75. The summed E-state index contributed by atoms with van der Waals surface area (Å²) in [6.45, 7) is 2.74. The molecule has 0 saturated carbocycles. The van der Waals surface area contributed by atoms with Gasteiger partial charge in [0.25, 0.3) is 0 Å². The summed E-state index contributed by atoms with van der Waals surface area (Å²) in [5, 5.41) is 0. The van der Waals surface area contributed by atoms with Crippen LogP contribution in [-0.4, -0.2) is 12.1 Å². The fourth-order valence-corrected chi connectivity index (χ4v) is 2.50. The third-order valence-corrected chi connectivity index (χ3v) is 3.85. The van der Waals surface area contributed by atoms with Crippen molar-refractivity contribution in [3.63, 3.8) is 0 Å². The van der Waals surface area contributed by atoms with Crippen molar-refractivity contribution in [2.75, 3.05) is 6.26 Å². The zero-order valence-electron chi connectivity index (χ0n) is 11.3. The van der Waals surface area contributed by atoms with Gasteiger partial charge in [-0.3, -0.25) is 4.99 Å². The van der Waals surface area contributed by atoms with Gasteiger partial charge in [0.05, 0.1) is 6.54 Å². The molecule has 0 atom stereocenters. The first-order valence-corrected chi connectivity index (χ1v) is 7.42. The smallest absolute Gasteiger partial charge is 0.125 e. The van der Waals surface area contributed by atoms with E-state index < -0.39 is 0 Å². The summed E-state index contributed by atoms with van der Waals surface area (Å²) in [5.41, 5.74) is 9.45. The summed E-state index contributed by atoms with van der Waals surface area (Å²) >= 11 is 1.76. The number of nitrogens with two attached hydrogens (primary N) is 1. The van der Waals surface area contributed by atoms with Gasteiger partial charge in [0.2, 0.25) is 0 Å². The molecule has 0 saturated heterocycles. The summed E-state index contributed by atoms with van der Waals surface area (Å²) in [6.07, 6.45) is 2.09. The van der Waals surface area contributed by atoms with Crippen LogP contribution in [0.4, 0.5) is 0 Å². The van der Waals surface area contributed by atoms with E-state index in [0.717, 1.165) is 5.56 Å². The molecule has 98 valence electrons. The van der Waals surface area contributed by atoms with Gasteiger partial charge in [-0.2, -0.15) is 0 Å². The van der Waals surface area contributed by atoms with E-state index >= 15 is 0 Å². The number of benzene rings is 2. The van der Waals surface area contributed by atoms with Crippen LogP contribution >= 0.6 is 11.8 Å². The lowest BCUT2D eigenvalue weighted by Crippen LogP contribution is -2.13. The predicted octanol–water partition coefficient (Wildman–Crippen LogP) is 3.62. The van der Waals surface area contributed by atoms with Gasteiger partial charge in [-0.05, 0) is 30.4 Å². The Morgan fingerprint density at radius 2 is 1.89 bits per heavy atom. The van der Waals surface area contributed by atoms with E-state index in [1.807, 2.05) is 30.3 Å². The molecule has 2 rings (SSSR count). The van der Waals surface area contributed by atoms with Gasteiger partial charge in [-0.25, -0.2) is 0 Å². The van der Waals surface area contributed by atoms with E-state index in [2.05, 4.69) is 36.4 Å². The Bertz CT molecular complexity index is 577. The van der Waals surface area contributed by atoms with Gasteiger partial charge in [0.15, 0.2) is 0 Å². The molecule has 2 N–H and O–H groups in total. The first-order valence-electron chi connectivity index (χ1n) is 6.19. The minimum absolute atomic E-state index is 0.590. The molecule has 3 heteroatoms. The van der Waals surface area contributed by atoms with Crippen LogP contribution in [0, 0.1) is 6.92 Å². The SMILES string of the molecule is CSc1cc(CN=C(N)c2ccccc2)ccc1C. The monoisotopic (exact) mass is 270 g/mol. The Kier molecular flexibility index (Phi) is 4.63. The fourth-order valence-electron chi connectivity index (χ4n) is 1.84. The molecule has 0 aliphatic carbocycles. The highest BCUT2D eigenvalue weighted by molar-refractivity contribution is 7.98. The summed E-state index contributed by atoms with van der Waals surface area (Å²) < 4.78 is 0. The van der Waals surface area contributed by atoms with Gasteiger partial charge < -0.3 is 5.73 Å². The third kappa shape index (κ3) is 3.61. The standard InChI is InChI=1S/C16H18N2S/c1-12-8-9-13(10-15(12)19-2)11-18-16(17)14-6-4-3-5-7-14/h3-10H,11H2,1-2H3,(H2,17,18). The number of aliphatic imine (C=N–C) groups is 1. The average molecular weight is 270 g/mol.